The lowest BCUT2D eigenvalue weighted by Gasteiger charge is -2.20. The van der Waals surface area contributed by atoms with Crippen molar-refractivity contribution in [2.75, 3.05) is 33.0 Å². The van der Waals surface area contributed by atoms with Crippen LogP contribution in [0.1, 0.15) is 284 Å². The number of hydrogen-bond donors (Lipinski definition) is 2. The van der Waals surface area contributed by atoms with Gasteiger partial charge in [-0.25, -0.2) is 4.57 Å². The maximum Gasteiger partial charge on any atom is 0.472 e. The minimum Gasteiger partial charge on any atom is -0.457 e. The number of unbranched alkanes of at least 4 members (excludes halogenated alkanes) is 39. The Labute approximate surface area is 373 Å². The number of ether oxygens (including phenoxy) is 2. The molecule has 9 heteroatoms. The summed E-state index contributed by atoms with van der Waals surface area (Å²) in [6.07, 6.45) is 54.3. The van der Waals surface area contributed by atoms with Gasteiger partial charge in [0.05, 0.1) is 19.8 Å². The molecule has 0 saturated heterocycles. The van der Waals surface area contributed by atoms with Gasteiger partial charge in [0.2, 0.25) is 0 Å². The summed E-state index contributed by atoms with van der Waals surface area (Å²) in [4.78, 5) is 22.6. The van der Waals surface area contributed by atoms with Gasteiger partial charge in [0.15, 0.2) is 0 Å². The molecule has 0 rings (SSSR count). The van der Waals surface area contributed by atoms with Gasteiger partial charge in [-0.05, 0) is 12.8 Å². The van der Waals surface area contributed by atoms with Crippen LogP contribution in [0.4, 0.5) is 0 Å². The fraction of sp³-hybridized carbons (Fsp3) is 0.980. The molecule has 0 bridgehead atoms. The monoisotopic (exact) mass is 874 g/mol. The van der Waals surface area contributed by atoms with Crippen molar-refractivity contribution in [2.45, 2.75) is 290 Å². The Morgan fingerprint density at radius 2 is 0.733 bits per heavy atom. The third kappa shape index (κ3) is 48.5. The number of phosphoric acid groups is 1. The zero-order valence-corrected chi connectivity index (χ0v) is 41.1. The quantitative estimate of drug-likeness (QED) is 0.0352. The lowest BCUT2D eigenvalue weighted by Crippen LogP contribution is -2.28. The highest BCUT2D eigenvalue weighted by Gasteiger charge is 2.25. The van der Waals surface area contributed by atoms with Crippen molar-refractivity contribution >= 4 is 13.8 Å². The van der Waals surface area contributed by atoms with Crippen molar-refractivity contribution in [3.63, 3.8) is 0 Å². The summed E-state index contributed by atoms with van der Waals surface area (Å²) in [6, 6.07) is 0. The van der Waals surface area contributed by atoms with Crippen LogP contribution >= 0.6 is 7.82 Å². The number of carbonyl (C=O) groups excluding carboxylic acids is 1. The molecule has 360 valence electrons. The Bertz CT molecular complexity index is 894. The molecular weight excluding hydrogens is 770 g/mol. The maximum absolute atomic E-state index is 12.7. The smallest absolute Gasteiger partial charge is 0.457 e. The normalized spacial score (nSPS) is 13.2. The van der Waals surface area contributed by atoms with Crippen molar-refractivity contribution in [3.05, 3.63) is 0 Å². The molecule has 0 aromatic carbocycles. The van der Waals surface area contributed by atoms with E-state index in [9.17, 15) is 14.3 Å². The Morgan fingerprint density at radius 3 is 1.05 bits per heavy atom. The molecule has 0 radical (unpaired) electrons. The molecule has 0 aromatic heterocycles. The first kappa shape index (κ1) is 59.5. The number of rotatable bonds is 52. The Morgan fingerprint density at radius 1 is 0.433 bits per heavy atom. The van der Waals surface area contributed by atoms with Crippen molar-refractivity contribution < 1.29 is 32.8 Å². The third-order valence-corrected chi connectivity index (χ3v) is 13.0. The minimum absolute atomic E-state index is 0.0897. The fourth-order valence-electron chi connectivity index (χ4n) is 8.12. The van der Waals surface area contributed by atoms with E-state index in [1.54, 1.807) is 0 Å². The lowest BCUT2D eigenvalue weighted by atomic mass is 10.0. The first-order chi connectivity index (χ1) is 29.4. The summed E-state index contributed by atoms with van der Waals surface area (Å²) in [6.45, 7) is 5.01. The van der Waals surface area contributed by atoms with Crippen LogP contribution in [-0.2, 0) is 27.9 Å². The fourth-order valence-corrected chi connectivity index (χ4v) is 8.88. The van der Waals surface area contributed by atoms with E-state index in [1.165, 1.54) is 231 Å². The molecule has 0 aromatic rings. The van der Waals surface area contributed by atoms with Crippen molar-refractivity contribution in [1.82, 2.24) is 0 Å². The summed E-state index contributed by atoms with van der Waals surface area (Å²) >= 11 is 0. The van der Waals surface area contributed by atoms with Gasteiger partial charge in [-0.15, -0.1) is 0 Å². The average molecular weight is 874 g/mol. The molecule has 8 nitrogen and oxygen atoms in total. The van der Waals surface area contributed by atoms with E-state index >= 15 is 0 Å². The number of nitrogens with two attached hydrogens (primary N) is 1. The molecule has 3 N–H and O–H groups in total. The van der Waals surface area contributed by atoms with Crippen molar-refractivity contribution in [1.29, 1.82) is 0 Å². The van der Waals surface area contributed by atoms with E-state index in [4.69, 9.17) is 24.3 Å². The van der Waals surface area contributed by atoms with Crippen LogP contribution in [-0.4, -0.2) is 49.9 Å². The first-order valence-electron chi connectivity index (χ1n) is 26.5. The lowest BCUT2D eigenvalue weighted by molar-refractivity contribution is -0.154. The highest BCUT2D eigenvalue weighted by Crippen LogP contribution is 2.43. The summed E-state index contributed by atoms with van der Waals surface area (Å²) < 4.78 is 33.6. The van der Waals surface area contributed by atoms with Crippen LogP contribution in [0.25, 0.3) is 0 Å². The second-order valence-corrected chi connectivity index (χ2v) is 19.6. The average Bonchev–Trinajstić information content (AvgIpc) is 3.24. The van der Waals surface area contributed by atoms with Gasteiger partial charge < -0.3 is 20.1 Å². The third-order valence-electron chi connectivity index (χ3n) is 12.0. The van der Waals surface area contributed by atoms with Crippen LogP contribution in [0.3, 0.4) is 0 Å². The highest BCUT2D eigenvalue weighted by molar-refractivity contribution is 7.47. The van der Waals surface area contributed by atoms with Crippen LogP contribution in [0, 0.1) is 0 Å². The number of hydrogen-bond acceptors (Lipinski definition) is 7. The van der Waals surface area contributed by atoms with Crippen molar-refractivity contribution in [2.24, 2.45) is 5.73 Å². The molecule has 0 heterocycles. The second-order valence-electron chi connectivity index (χ2n) is 18.1. The van der Waals surface area contributed by atoms with E-state index in [-0.39, 0.29) is 32.3 Å². The Balaban J connectivity index is 3.85. The zero-order valence-electron chi connectivity index (χ0n) is 40.2. The van der Waals surface area contributed by atoms with Gasteiger partial charge in [-0.3, -0.25) is 13.8 Å². The van der Waals surface area contributed by atoms with Crippen LogP contribution in [0.2, 0.25) is 0 Å². The van der Waals surface area contributed by atoms with Crippen molar-refractivity contribution in [3.8, 4) is 0 Å². The summed E-state index contributed by atoms with van der Waals surface area (Å²) in [7, 11) is -4.27. The van der Waals surface area contributed by atoms with Crippen LogP contribution in [0.15, 0.2) is 0 Å². The molecule has 2 atom stereocenters. The molecule has 2 unspecified atom stereocenters. The molecular formula is C51H104NO7P. The van der Waals surface area contributed by atoms with Gasteiger partial charge >= 0.3 is 13.8 Å². The molecule has 0 aliphatic heterocycles. The van der Waals surface area contributed by atoms with E-state index < -0.39 is 13.9 Å². The summed E-state index contributed by atoms with van der Waals surface area (Å²) in [5, 5.41) is 0. The molecule has 0 aliphatic rings. The van der Waals surface area contributed by atoms with Crippen LogP contribution < -0.4 is 5.73 Å². The SMILES string of the molecule is CCCCCCCCCCCCCCCCCCCCCCCCCC(=O)OC(COCCCCCCCCCCCCCCCCCCCC)COP(=O)(O)OCCN. The topological polar surface area (TPSA) is 117 Å². The minimum atomic E-state index is -4.27. The predicted octanol–water partition coefficient (Wildman–Crippen LogP) is 16.4. The number of esters is 1. The van der Waals surface area contributed by atoms with E-state index in [2.05, 4.69) is 13.8 Å². The number of phosphoric ester groups is 1. The largest absolute Gasteiger partial charge is 0.472 e. The Kier molecular flexibility index (Phi) is 49.1. The van der Waals surface area contributed by atoms with Gasteiger partial charge in [-0.1, -0.05) is 264 Å². The summed E-state index contributed by atoms with van der Waals surface area (Å²) in [5.41, 5.74) is 5.39. The van der Waals surface area contributed by atoms with E-state index in [0.717, 1.165) is 32.1 Å². The molecule has 0 fully saturated rings. The summed E-state index contributed by atoms with van der Waals surface area (Å²) in [5.74, 6) is -0.320. The molecule has 0 spiro atoms. The van der Waals surface area contributed by atoms with Gasteiger partial charge in [0, 0.05) is 19.6 Å². The Hall–Kier alpha value is -0.500. The predicted molar refractivity (Wildman–Crippen MR) is 257 cm³/mol. The maximum atomic E-state index is 12.7. The standard InChI is InChI=1S/C51H104NO7P/c1-3-5-7-9-11-13-15-17-19-21-23-24-25-26-27-28-30-32-34-36-38-40-42-44-51(53)59-50(49-58-60(54,55)57-47-45-52)48-56-46-43-41-39-37-35-33-31-29-22-20-18-16-14-12-10-8-6-4-2/h50H,3-49,52H2,1-2H3,(H,54,55). The first-order valence-corrected chi connectivity index (χ1v) is 28.0. The molecule has 60 heavy (non-hydrogen) atoms. The molecule has 0 amide bonds. The molecule has 0 saturated carbocycles. The van der Waals surface area contributed by atoms with Gasteiger partial charge in [0.25, 0.3) is 0 Å². The van der Waals surface area contributed by atoms with Crippen LogP contribution in [0.5, 0.6) is 0 Å². The van der Waals surface area contributed by atoms with E-state index in [0.29, 0.717) is 13.0 Å². The molecule has 0 aliphatic carbocycles. The number of carbonyl (C=O) groups is 1. The van der Waals surface area contributed by atoms with E-state index in [1.807, 2.05) is 0 Å². The highest BCUT2D eigenvalue weighted by atomic mass is 31.2. The van der Waals surface area contributed by atoms with Gasteiger partial charge in [-0.2, -0.15) is 0 Å². The second kappa shape index (κ2) is 49.5. The zero-order chi connectivity index (χ0) is 43.7. The van der Waals surface area contributed by atoms with Gasteiger partial charge in [0.1, 0.15) is 6.10 Å².